The second-order valence-corrected chi connectivity index (χ2v) is 4.17. The second kappa shape index (κ2) is 5.04. The molecule has 1 aromatic heterocycles. The summed E-state index contributed by atoms with van der Waals surface area (Å²) in [5.41, 5.74) is 4.63. The molecule has 0 aliphatic heterocycles. The Kier molecular flexibility index (Phi) is 3.47. The molecule has 0 saturated heterocycles. The van der Waals surface area contributed by atoms with Crippen molar-refractivity contribution in [1.82, 2.24) is 5.16 Å². The van der Waals surface area contributed by atoms with Crippen LogP contribution in [-0.2, 0) is 13.0 Å². The molecule has 3 nitrogen and oxygen atoms in total. The zero-order chi connectivity index (χ0) is 12.3. The van der Waals surface area contributed by atoms with Gasteiger partial charge in [0.05, 0.1) is 5.69 Å². The van der Waals surface area contributed by atoms with Crippen LogP contribution in [0.25, 0.3) is 0 Å². The minimum absolute atomic E-state index is 0.762. The third-order valence-electron chi connectivity index (χ3n) is 3.04. The quantitative estimate of drug-likeness (QED) is 0.874. The number of aryl methyl sites for hydroxylation is 3. The van der Waals surface area contributed by atoms with E-state index in [1.807, 2.05) is 13.8 Å². The van der Waals surface area contributed by atoms with E-state index in [1.165, 1.54) is 11.3 Å². The van der Waals surface area contributed by atoms with Crippen molar-refractivity contribution in [3.63, 3.8) is 0 Å². The van der Waals surface area contributed by atoms with Gasteiger partial charge in [0, 0.05) is 17.8 Å². The van der Waals surface area contributed by atoms with Gasteiger partial charge in [0.2, 0.25) is 0 Å². The van der Waals surface area contributed by atoms with Gasteiger partial charge in [0.15, 0.2) is 0 Å². The van der Waals surface area contributed by atoms with Crippen LogP contribution < -0.4 is 5.32 Å². The van der Waals surface area contributed by atoms with Crippen molar-refractivity contribution in [1.29, 1.82) is 0 Å². The number of para-hydroxylation sites is 1. The molecule has 0 fully saturated rings. The van der Waals surface area contributed by atoms with Gasteiger partial charge in [0.1, 0.15) is 5.76 Å². The van der Waals surface area contributed by atoms with E-state index in [1.54, 1.807) is 0 Å². The molecule has 0 saturated carbocycles. The molecular weight excluding hydrogens is 212 g/mol. The normalized spacial score (nSPS) is 10.5. The maximum Gasteiger partial charge on any atom is 0.138 e. The van der Waals surface area contributed by atoms with Crippen LogP contribution in [0.1, 0.15) is 29.5 Å². The van der Waals surface area contributed by atoms with Crippen LogP contribution in [0.5, 0.6) is 0 Å². The van der Waals surface area contributed by atoms with Crippen LogP contribution in [0.4, 0.5) is 5.69 Å². The van der Waals surface area contributed by atoms with Gasteiger partial charge < -0.3 is 9.84 Å². The molecule has 0 bridgehead atoms. The average molecular weight is 230 g/mol. The first-order valence-electron chi connectivity index (χ1n) is 5.96. The van der Waals surface area contributed by atoms with E-state index in [-0.39, 0.29) is 0 Å². The fourth-order valence-corrected chi connectivity index (χ4v) is 1.94. The Morgan fingerprint density at radius 1 is 1.24 bits per heavy atom. The third kappa shape index (κ3) is 2.49. The molecular formula is C14H18N2O. The van der Waals surface area contributed by atoms with Crippen molar-refractivity contribution in [3.05, 3.63) is 46.8 Å². The fourth-order valence-electron chi connectivity index (χ4n) is 1.94. The lowest BCUT2D eigenvalue weighted by Gasteiger charge is -2.10. The molecule has 1 N–H and O–H groups in total. The Morgan fingerprint density at radius 3 is 2.65 bits per heavy atom. The van der Waals surface area contributed by atoms with Crippen molar-refractivity contribution < 1.29 is 4.52 Å². The summed E-state index contributed by atoms with van der Waals surface area (Å²) in [6.45, 7) is 6.84. The third-order valence-corrected chi connectivity index (χ3v) is 3.04. The number of nitrogens with zero attached hydrogens (tertiary/aromatic N) is 1. The summed E-state index contributed by atoms with van der Waals surface area (Å²) >= 11 is 0. The highest BCUT2D eigenvalue weighted by Crippen LogP contribution is 2.18. The SMILES string of the molecule is CCc1ccccc1NCc1c(C)noc1C. The molecule has 2 rings (SSSR count). The fraction of sp³-hybridized carbons (Fsp3) is 0.357. The van der Waals surface area contributed by atoms with E-state index in [9.17, 15) is 0 Å². The summed E-state index contributed by atoms with van der Waals surface area (Å²) in [5.74, 6) is 0.893. The van der Waals surface area contributed by atoms with Crippen LogP contribution in [0.3, 0.4) is 0 Å². The number of benzene rings is 1. The molecule has 2 aromatic rings. The summed E-state index contributed by atoms with van der Waals surface area (Å²) in [6, 6.07) is 8.38. The Bertz CT molecular complexity index is 483. The molecule has 0 unspecified atom stereocenters. The van der Waals surface area contributed by atoms with Gasteiger partial charge in [0.25, 0.3) is 0 Å². The van der Waals surface area contributed by atoms with Crippen molar-refractivity contribution in [2.75, 3.05) is 5.32 Å². The second-order valence-electron chi connectivity index (χ2n) is 4.17. The number of rotatable bonds is 4. The van der Waals surface area contributed by atoms with Gasteiger partial charge in [-0.3, -0.25) is 0 Å². The number of nitrogens with one attached hydrogen (secondary N) is 1. The molecule has 90 valence electrons. The van der Waals surface area contributed by atoms with Gasteiger partial charge in [-0.25, -0.2) is 0 Å². The molecule has 0 amide bonds. The monoisotopic (exact) mass is 230 g/mol. The lowest BCUT2D eigenvalue weighted by molar-refractivity contribution is 0.392. The minimum atomic E-state index is 0.762. The van der Waals surface area contributed by atoms with E-state index in [0.29, 0.717) is 0 Å². The predicted octanol–water partition coefficient (Wildman–Crippen LogP) is 3.47. The summed E-state index contributed by atoms with van der Waals surface area (Å²) in [7, 11) is 0. The Morgan fingerprint density at radius 2 is 2.00 bits per heavy atom. The zero-order valence-electron chi connectivity index (χ0n) is 10.6. The van der Waals surface area contributed by atoms with Crippen LogP contribution in [0.2, 0.25) is 0 Å². The van der Waals surface area contributed by atoms with Crippen molar-refractivity contribution in [2.45, 2.75) is 33.7 Å². The minimum Gasteiger partial charge on any atom is -0.381 e. The highest BCUT2D eigenvalue weighted by molar-refractivity contribution is 5.51. The van der Waals surface area contributed by atoms with Crippen molar-refractivity contribution >= 4 is 5.69 Å². The molecule has 0 atom stereocenters. The van der Waals surface area contributed by atoms with Crippen molar-refractivity contribution in [3.8, 4) is 0 Å². The first-order valence-corrected chi connectivity index (χ1v) is 5.96. The van der Waals surface area contributed by atoms with E-state index in [2.05, 4.69) is 41.7 Å². The Labute approximate surface area is 102 Å². The lowest BCUT2D eigenvalue weighted by Crippen LogP contribution is -2.03. The molecule has 1 heterocycles. The Hall–Kier alpha value is -1.77. The summed E-state index contributed by atoms with van der Waals surface area (Å²) < 4.78 is 5.15. The van der Waals surface area contributed by atoms with Crippen molar-refractivity contribution in [2.24, 2.45) is 0 Å². The first-order chi connectivity index (χ1) is 8.22. The van der Waals surface area contributed by atoms with Gasteiger partial charge >= 0.3 is 0 Å². The largest absolute Gasteiger partial charge is 0.381 e. The van der Waals surface area contributed by atoms with Crippen LogP contribution in [-0.4, -0.2) is 5.16 Å². The number of aromatic nitrogens is 1. The molecule has 3 heteroatoms. The molecule has 0 spiro atoms. The maximum absolute atomic E-state index is 5.15. The number of hydrogen-bond donors (Lipinski definition) is 1. The average Bonchev–Trinajstić information content (AvgIpc) is 2.67. The molecule has 0 aliphatic rings. The molecule has 1 aromatic carbocycles. The van der Waals surface area contributed by atoms with Crippen LogP contribution in [0, 0.1) is 13.8 Å². The van der Waals surface area contributed by atoms with Crippen LogP contribution in [0.15, 0.2) is 28.8 Å². The van der Waals surface area contributed by atoms with E-state index in [4.69, 9.17) is 4.52 Å². The number of hydrogen-bond acceptors (Lipinski definition) is 3. The lowest BCUT2D eigenvalue weighted by atomic mass is 10.1. The van der Waals surface area contributed by atoms with Gasteiger partial charge in [-0.1, -0.05) is 30.3 Å². The van der Waals surface area contributed by atoms with E-state index in [0.717, 1.165) is 30.0 Å². The van der Waals surface area contributed by atoms with Gasteiger partial charge in [-0.05, 0) is 31.9 Å². The molecule has 17 heavy (non-hydrogen) atoms. The number of anilines is 1. The Balaban J connectivity index is 2.12. The summed E-state index contributed by atoms with van der Waals surface area (Å²) in [4.78, 5) is 0. The van der Waals surface area contributed by atoms with Gasteiger partial charge in [-0.2, -0.15) is 0 Å². The van der Waals surface area contributed by atoms with Crippen LogP contribution >= 0.6 is 0 Å². The predicted molar refractivity (Wildman–Crippen MR) is 69.1 cm³/mol. The molecule has 0 aliphatic carbocycles. The summed E-state index contributed by atoms with van der Waals surface area (Å²) in [6.07, 6.45) is 1.03. The maximum atomic E-state index is 5.15. The first kappa shape index (κ1) is 11.7. The standard InChI is InChI=1S/C14H18N2O/c1-4-12-7-5-6-8-14(12)15-9-13-10(2)16-17-11(13)3/h5-8,15H,4,9H2,1-3H3. The zero-order valence-corrected chi connectivity index (χ0v) is 10.6. The topological polar surface area (TPSA) is 38.1 Å². The molecule has 0 radical (unpaired) electrons. The van der Waals surface area contributed by atoms with E-state index >= 15 is 0 Å². The van der Waals surface area contributed by atoms with Gasteiger partial charge in [-0.15, -0.1) is 0 Å². The van der Waals surface area contributed by atoms with E-state index < -0.39 is 0 Å². The summed E-state index contributed by atoms with van der Waals surface area (Å²) in [5, 5.41) is 7.40. The highest BCUT2D eigenvalue weighted by Gasteiger charge is 2.08. The highest BCUT2D eigenvalue weighted by atomic mass is 16.5. The smallest absolute Gasteiger partial charge is 0.138 e.